The molecule has 0 amide bonds. The molecule has 0 fully saturated rings. The Kier molecular flexibility index (Phi) is 6.76. The average molecular weight is 699 g/mol. The normalized spacial score (nSPS) is 11.9. The van der Waals surface area contributed by atoms with Crippen LogP contribution < -0.4 is 0 Å². The van der Waals surface area contributed by atoms with Crippen LogP contribution in [0.1, 0.15) is 18.9 Å². The van der Waals surface area contributed by atoms with E-state index < -0.39 is 0 Å². The maximum absolute atomic E-state index is 6.56. The molecule has 0 unspecified atom stereocenters. The van der Waals surface area contributed by atoms with Crippen LogP contribution in [-0.2, 0) is 6.42 Å². The number of nitrogens with zero attached hydrogens (tertiary/aromatic N) is 4. The minimum absolute atomic E-state index is 0.805. The minimum atomic E-state index is 0.805. The maximum Gasteiger partial charge on any atom is 0.138 e. The van der Waals surface area contributed by atoms with Gasteiger partial charge in [-0.3, -0.25) is 9.97 Å². The number of furan rings is 3. The standard InChI is InChI=1S/C47H30N4O3/c1-2-5-30-20-31(24-35-32-21-27(11-14-44(32)54-47(30)35)28-10-13-42-33(22-28)36-25-48-18-16-45(36)52-42)39-7-4-9-41(51-39)40-8-3-6-38(50-40)29-12-15-43-34(23-29)37-26-49-19-17-46(37)53-43/h3-4,6-26H,2,5H2,1H3. The van der Waals surface area contributed by atoms with Gasteiger partial charge in [0.25, 0.3) is 0 Å². The predicted octanol–water partition coefficient (Wildman–Crippen LogP) is 12.6. The van der Waals surface area contributed by atoms with Crippen LogP contribution in [0.5, 0.6) is 0 Å². The summed E-state index contributed by atoms with van der Waals surface area (Å²) in [4.78, 5) is 18.9. The van der Waals surface area contributed by atoms with Crippen LogP contribution in [0.25, 0.3) is 111 Å². The van der Waals surface area contributed by atoms with Crippen molar-refractivity contribution in [1.29, 1.82) is 0 Å². The van der Waals surface area contributed by atoms with E-state index in [1.165, 1.54) is 5.56 Å². The van der Waals surface area contributed by atoms with E-state index in [-0.39, 0.29) is 0 Å². The highest BCUT2D eigenvalue weighted by atomic mass is 16.3. The van der Waals surface area contributed by atoms with Gasteiger partial charge in [-0.25, -0.2) is 9.97 Å². The summed E-state index contributed by atoms with van der Waals surface area (Å²) in [5.41, 5.74) is 13.9. The maximum atomic E-state index is 6.56. The fraction of sp³-hybridized carbons (Fsp3) is 0.0638. The summed E-state index contributed by atoms with van der Waals surface area (Å²) in [7, 11) is 0. The number of fused-ring (bicyclic) bond motifs is 9. The molecule has 0 aliphatic heterocycles. The zero-order valence-electron chi connectivity index (χ0n) is 29.2. The average Bonchev–Trinajstić information content (AvgIpc) is 3.91. The molecule has 4 aromatic carbocycles. The van der Waals surface area contributed by atoms with E-state index in [0.29, 0.717) is 0 Å². The molecular formula is C47H30N4O3. The summed E-state index contributed by atoms with van der Waals surface area (Å²) >= 11 is 0. The van der Waals surface area contributed by atoms with Crippen molar-refractivity contribution in [1.82, 2.24) is 19.9 Å². The molecular weight excluding hydrogens is 669 g/mol. The van der Waals surface area contributed by atoms with Gasteiger partial charge in [0, 0.05) is 68.2 Å². The van der Waals surface area contributed by atoms with Gasteiger partial charge in [0.1, 0.15) is 33.5 Å². The van der Waals surface area contributed by atoms with Crippen molar-refractivity contribution >= 4 is 65.8 Å². The first-order valence-electron chi connectivity index (χ1n) is 18.1. The Balaban J connectivity index is 0.994. The molecule has 0 atom stereocenters. The number of hydrogen-bond donors (Lipinski definition) is 0. The molecule has 7 nitrogen and oxygen atoms in total. The summed E-state index contributed by atoms with van der Waals surface area (Å²) < 4.78 is 18.7. The van der Waals surface area contributed by atoms with Gasteiger partial charge in [0.15, 0.2) is 0 Å². The third-order valence-electron chi connectivity index (χ3n) is 10.4. The lowest BCUT2D eigenvalue weighted by molar-refractivity contribution is 0.661. The van der Waals surface area contributed by atoms with Gasteiger partial charge in [-0.15, -0.1) is 0 Å². The molecule has 54 heavy (non-hydrogen) atoms. The smallest absolute Gasteiger partial charge is 0.138 e. The van der Waals surface area contributed by atoms with Gasteiger partial charge < -0.3 is 13.3 Å². The van der Waals surface area contributed by atoms with E-state index in [4.69, 9.17) is 23.2 Å². The molecule has 0 spiro atoms. The lowest BCUT2D eigenvalue weighted by Crippen LogP contribution is -1.93. The quantitative estimate of drug-likeness (QED) is 0.171. The number of hydrogen-bond acceptors (Lipinski definition) is 7. The van der Waals surface area contributed by atoms with Crippen LogP contribution >= 0.6 is 0 Å². The van der Waals surface area contributed by atoms with Crippen molar-refractivity contribution in [3.8, 4) is 45.0 Å². The molecule has 256 valence electrons. The monoisotopic (exact) mass is 698 g/mol. The van der Waals surface area contributed by atoms with Crippen LogP contribution in [0, 0.1) is 0 Å². The van der Waals surface area contributed by atoms with E-state index in [9.17, 15) is 0 Å². The highest BCUT2D eigenvalue weighted by molar-refractivity contribution is 6.10. The largest absolute Gasteiger partial charge is 0.456 e. The van der Waals surface area contributed by atoms with Gasteiger partial charge >= 0.3 is 0 Å². The fourth-order valence-corrected chi connectivity index (χ4v) is 7.79. The summed E-state index contributed by atoms with van der Waals surface area (Å²) in [6, 6.07) is 39.5. The molecule has 0 aliphatic rings. The molecule has 0 saturated carbocycles. The van der Waals surface area contributed by atoms with E-state index in [1.807, 2.05) is 60.9 Å². The Labute approximate surface area is 308 Å². The Morgan fingerprint density at radius 3 is 1.52 bits per heavy atom. The van der Waals surface area contributed by atoms with Crippen molar-refractivity contribution < 1.29 is 13.3 Å². The number of aromatic nitrogens is 4. The zero-order valence-corrected chi connectivity index (χ0v) is 29.2. The molecule has 0 aliphatic carbocycles. The van der Waals surface area contributed by atoms with Crippen molar-refractivity contribution in [2.75, 3.05) is 0 Å². The number of benzene rings is 4. The molecule has 0 radical (unpaired) electrons. The summed E-state index contributed by atoms with van der Waals surface area (Å²) in [6.45, 7) is 2.20. The van der Waals surface area contributed by atoms with Gasteiger partial charge in [0.05, 0.1) is 22.8 Å². The molecule has 0 bridgehead atoms. The van der Waals surface area contributed by atoms with Crippen LogP contribution in [0.2, 0.25) is 0 Å². The molecule has 11 rings (SSSR count). The number of pyridine rings is 4. The predicted molar refractivity (Wildman–Crippen MR) is 215 cm³/mol. The first-order chi connectivity index (χ1) is 26.7. The Morgan fingerprint density at radius 2 is 0.907 bits per heavy atom. The van der Waals surface area contributed by atoms with Gasteiger partial charge in [0.2, 0.25) is 0 Å². The minimum Gasteiger partial charge on any atom is -0.456 e. The van der Waals surface area contributed by atoms with Crippen molar-refractivity contribution in [3.05, 3.63) is 146 Å². The third-order valence-corrected chi connectivity index (χ3v) is 10.4. The second-order valence-electron chi connectivity index (χ2n) is 13.8. The molecule has 0 N–H and O–H groups in total. The van der Waals surface area contributed by atoms with Gasteiger partial charge in [-0.1, -0.05) is 37.6 Å². The van der Waals surface area contributed by atoms with Crippen LogP contribution in [0.4, 0.5) is 0 Å². The van der Waals surface area contributed by atoms with Crippen LogP contribution in [-0.4, -0.2) is 19.9 Å². The second kappa shape index (κ2) is 12.0. The first kappa shape index (κ1) is 30.5. The van der Waals surface area contributed by atoms with E-state index in [1.54, 1.807) is 12.4 Å². The van der Waals surface area contributed by atoms with Gasteiger partial charge in [-0.05, 0) is 114 Å². The second-order valence-corrected chi connectivity index (χ2v) is 13.8. The summed E-state index contributed by atoms with van der Waals surface area (Å²) in [6.07, 6.45) is 9.11. The molecule has 7 heterocycles. The van der Waals surface area contributed by atoms with Crippen LogP contribution in [0.3, 0.4) is 0 Å². The van der Waals surface area contributed by atoms with E-state index in [0.717, 1.165) is 124 Å². The van der Waals surface area contributed by atoms with E-state index in [2.05, 4.69) is 83.6 Å². The van der Waals surface area contributed by atoms with Crippen molar-refractivity contribution in [2.24, 2.45) is 0 Å². The summed E-state index contributed by atoms with van der Waals surface area (Å²) in [5.74, 6) is 0. The third kappa shape index (κ3) is 4.89. The van der Waals surface area contributed by atoms with Crippen molar-refractivity contribution in [2.45, 2.75) is 19.8 Å². The molecule has 7 aromatic heterocycles. The Bertz CT molecular complexity index is 3260. The van der Waals surface area contributed by atoms with Gasteiger partial charge in [-0.2, -0.15) is 0 Å². The Hall–Kier alpha value is -7.12. The lowest BCUT2D eigenvalue weighted by Gasteiger charge is -2.09. The number of rotatable bonds is 6. The fourth-order valence-electron chi connectivity index (χ4n) is 7.79. The molecule has 7 heteroatoms. The first-order valence-corrected chi connectivity index (χ1v) is 18.1. The highest BCUT2D eigenvalue weighted by Crippen LogP contribution is 2.39. The van der Waals surface area contributed by atoms with Crippen LogP contribution in [0.15, 0.2) is 153 Å². The zero-order chi connectivity index (χ0) is 35.8. The molecule has 0 saturated heterocycles. The van der Waals surface area contributed by atoms with Crippen molar-refractivity contribution in [3.63, 3.8) is 0 Å². The van der Waals surface area contributed by atoms with E-state index >= 15 is 0 Å². The number of aryl methyl sites for hydroxylation is 1. The Morgan fingerprint density at radius 1 is 0.426 bits per heavy atom. The highest BCUT2D eigenvalue weighted by Gasteiger charge is 2.17. The SMILES string of the molecule is CCCc1cc(-c2cccc(-c3cccc(-c4ccc5oc6ccncc6c5c4)n3)n2)cc2c1oc1ccc(-c3ccc4oc5ccncc5c4c3)cc12. The molecule has 11 aromatic rings. The summed E-state index contributed by atoms with van der Waals surface area (Å²) in [5, 5.41) is 6.22. The topological polar surface area (TPSA) is 91.0 Å². The lowest BCUT2D eigenvalue weighted by atomic mass is 9.97.